The quantitative estimate of drug-likeness (QED) is 0.0749. The summed E-state index contributed by atoms with van der Waals surface area (Å²) in [6.45, 7) is 18.0. The fourth-order valence-corrected chi connectivity index (χ4v) is 0.969. The van der Waals surface area contributed by atoms with Gasteiger partial charge in [-0.3, -0.25) is 0 Å². The minimum Gasteiger partial charge on any atom is -0.478 e. The van der Waals surface area contributed by atoms with Gasteiger partial charge in [0.05, 0.1) is 19.7 Å². The zero-order valence-electron chi connectivity index (χ0n) is 23.8. The molecule has 0 aromatic carbocycles. The third kappa shape index (κ3) is 162. The smallest absolute Gasteiger partial charge is 0.404 e. The first-order chi connectivity index (χ1) is 20.0. The molecular formula is C26H39N3O14. The molecule has 0 heterocycles. The zero-order valence-corrected chi connectivity index (χ0v) is 23.8. The lowest BCUT2D eigenvalue weighted by Crippen LogP contribution is -2.11. The Labute approximate surface area is 248 Å². The van der Waals surface area contributed by atoms with E-state index in [9.17, 15) is 38.4 Å². The van der Waals surface area contributed by atoms with E-state index in [1.807, 2.05) is 0 Å². The number of carbonyl (C=O) groups excluding carboxylic acids is 3. The van der Waals surface area contributed by atoms with Gasteiger partial charge in [-0.1, -0.05) is 45.7 Å². The molecule has 0 aliphatic heterocycles. The van der Waals surface area contributed by atoms with Crippen molar-refractivity contribution in [1.29, 1.82) is 0 Å². The number of hydrogen-bond donors (Lipinski definition) is 6. The van der Waals surface area contributed by atoms with Crippen molar-refractivity contribution in [3.8, 4) is 0 Å². The predicted octanol–water partition coefficient (Wildman–Crippen LogP) is 2.61. The number of amides is 1. The Bertz CT molecular complexity index is 807. The highest BCUT2D eigenvalue weighted by Gasteiger charge is 1.88. The van der Waals surface area contributed by atoms with E-state index in [4.69, 9.17) is 25.5 Å². The van der Waals surface area contributed by atoms with E-state index >= 15 is 0 Å². The Balaban J connectivity index is -0.0000000732. The molecule has 0 bridgehead atoms. The number of aliphatic carboxylic acids is 5. The minimum atomic E-state index is -0.981. The van der Waals surface area contributed by atoms with Crippen molar-refractivity contribution >= 4 is 48.1 Å². The first kappa shape index (κ1) is 53.3. The SMILES string of the molecule is C=CC(=O)O.C=CC(=O)O.C=CC(=O)O.C=CC(=O)O.C=CC(=O)O.CCOC(N)=O.O=C=NCCCCCCN=C=O. The second-order valence-electron chi connectivity index (χ2n) is 5.82. The number of carboxylic acids is 5. The van der Waals surface area contributed by atoms with Crippen LogP contribution in [0.15, 0.2) is 73.3 Å². The molecule has 0 fully saturated rings. The second kappa shape index (κ2) is 52.5. The van der Waals surface area contributed by atoms with Gasteiger partial charge in [-0.05, 0) is 19.8 Å². The van der Waals surface area contributed by atoms with Crippen LogP contribution in [-0.4, -0.2) is 93.3 Å². The summed E-state index contributed by atoms with van der Waals surface area (Å²) in [4.78, 5) is 81.9. The Kier molecular flexibility index (Phi) is 65.1. The van der Waals surface area contributed by atoms with Crippen molar-refractivity contribution in [3.05, 3.63) is 63.3 Å². The number of carbonyl (C=O) groups is 6. The van der Waals surface area contributed by atoms with E-state index in [0.29, 0.717) is 19.7 Å². The van der Waals surface area contributed by atoms with Crippen LogP contribution in [0, 0.1) is 0 Å². The zero-order chi connectivity index (χ0) is 35.5. The fraction of sp³-hybridized carbons (Fsp3) is 0.308. The highest BCUT2D eigenvalue weighted by Crippen LogP contribution is 1.99. The Hall–Kier alpha value is -5.92. The predicted molar refractivity (Wildman–Crippen MR) is 155 cm³/mol. The van der Waals surface area contributed by atoms with Gasteiger partial charge in [0.1, 0.15) is 0 Å². The molecular weight excluding hydrogens is 578 g/mol. The number of aliphatic imine (C=N–C) groups is 2. The molecule has 0 spiro atoms. The number of nitrogens with zero attached hydrogens (tertiary/aromatic N) is 2. The number of unbranched alkanes of at least 4 members (excludes halogenated alkanes) is 3. The van der Waals surface area contributed by atoms with Crippen molar-refractivity contribution in [2.24, 2.45) is 15.7 Å². The molecule has 0 radical (unpaired) electrons. The molecule has 17 heteroatoms. The van der Waals surface area contributed by atoms with E-state index in [1.165, 1.54) is 12.2 Å². The van der Waals surface area contributed by atoms with Gasteiger partial charge in [0.2, 0.25) is 12.2 Å². The molecule has 0 atom stereocenters. The second-order valence-corrected chi connectivity index (χ2v) is 5.82. The summed E-state index contributed by atoms with van der Waals surface area (Å²) in [5.41, 5.74) is 4.54. The van der Waals surface area contributed by atoms with Gasteiger partial charge in [-0.15, -0.1) is 0 Å². The molecule has 0 saturated carbocycles. The van der Waals surface area contributed by atoms with Crippen molar-refractivity contribution < 1.29 is 68.6 Å². The van der Waals surface area contributed by atoms with Crippen molar-refractivity contribution in [1.82, 2.24) is 0 Å². The van der Waals surface area contributed by atoms with Crippen molar-refractivity contribution in [3.63, 3.8) is 0 Å². The van der Waals surface area contributed by atoms with Gasteiger partial charge in [0.25, 0.3) is 0 Å². The molecule has 0 aromatic heterocycles. The first-order valence-corrected chi connectivity index (χ1v) is 11.3. The van der Waals surface area contributed by atoms with E-state index < -0.39 is 35.9 Å². The maximum Gasteiger partial charge on any atom is 0.404 e. The number of ether oxygens (including phenoxy) is 1. The van der Waals surface area contributed by atoms with E-state index in [2.05, 4.69) is 53.4 Å². The van der Waals surface area contributed by atoms with Gasteiger partial charge in [-0.2, -0.15) is 0 Å². The van der Waals surface area contributed by atoms with Crippen LogP contribution in [0.4, 0.5) is 4.79 Å². The number of primary amides is 1. The minimum absolute atomic E-state index is 0.356. The van der Waals surface area contributed by atoms with Gasteiger partial charge < -0.3 is 36.0 Å². The maximum atomic E-state index is 9.63. The average Bonchev–Trinajstić information content (AvgIpc) is 2.96. The standard InChI is InChI=1S/C8H12N2O2.C3H7NO2.5C3H4O2/c11-7-9-5-3-1-2-4-6-10-8-12;1-2-6-3(4)5;5*1-2-3(4)5/h1-6H2;2H2,1H3,(H2,4,5);5*2H,1H2,(H,4,5). The first-order valence-electron chi connectivity index (χ1n) is 11.3. The highest BCUT2D eigenvalue weighted by molar-refractivity contribution is 5.80. The Morgan fingerprint density at radius 1 is 0.605 bits per heavy atom. The molecule has 0 unspecified atom stereocenters. The molecule has 0 aromatic rings. The van der Waals surface area contributed by atoms with Gasteiger partial charge in [-0.25, -0.2) is 48.3 Å². The summed E-state index contributed by atoms with van der Waals surface area (Å²) in [6, 6.07) is 0. The van der Waals surface area contributed by atoms with Crippen LogP contribution in [0.3, 0.4) is 0 Å². The fourth-order valence-electron chi connectivity index (χ4n) is 0.969. The van der Waals surface area contributed by atoms with Crippen LogP contribution in [0.5, 0.6) is 0 Å². The van der Waals surface area contributed by atoms with Crippen LogP contribution >= 0.6 is 0 Å². The third-order valence-electron chi connectivity index (χ3n) is 2.58. The molecule has 0 aliphatic rings. The molecule has 242 valence electrons. The average molecular weight is 618 g/mol. The molecule has 17 nitrogen and oxygen atoms in total. The normalized spacial score (nSPS) is 7.09. The van der Waals surface area contributed by atoms with E-state index in [-0.39, 0.29) is 0 Å². The highest BCUT2D eigenvalue weighted by atomic mass is 16.5. The van der Waals surface area contributed by atoms with E-state index in [1.54, 1.807) is 6.92 Å². The number of nitrogens with two attached hydrogens (primary N) is 1. The summed E-state index contributed by atoms with van der Waals surface area (Å²) < 4.78 is 4.18. The largest absolute Gasteiger partial charge is 0.478 e. The number of rotatable bonds is 13. The van der Waals surface area contributed by atoms with Gasteiger partial charge >= 0.3 is 35.9 Å². The Morgan fingerprint density at radius 3 is 0.907 bits per heavy atom. The number of isocyanates is 2. The van der Waals surface area contributed by atoms with Crippen LogP contribution < -0.4 is 5.73 Å². The lowest BCUT2D eigenvalue weighted by molar-refractivity contribution is -0.132. The Morgan fingerprint density at radius 2 is 0.814 bits per heavy atom. The molecule has 0 saturated heterocycles. The van der Waals surface area contributed by atoms with Crippen LogP contribution in [-0.2, 0) is 38.3 Å². The summed E-state index contributed by atoms with van der Waals surface area (Å²) in [7, 11) is 0. The molecule has 0 aliphatic carbocycles. The monoisotopic (exact) mass is 617 g/mol. The summed E-state index contributed by atoms with van der Waals surface area (Å²) >= 11 is 0. The van der Waals surface area contributed by atoms with Gasteiger partial charge in [0.15, 0.2) is 0 Å². The topological polar surface area (TPSA) is 298 Å². The van der Waals surface area contributed by atoms with E-state index in [0.717, 1.165) is 56.1 Å². The molecule has 1 amide bonds. The van der Waals surface area contributed by atoms with Crippen LogP contribution in [0.1, 0.15) is 32.6 Å². The number of carboxylic acid groups (broad SMARTS) is 5. The summed E-state index contributed by atoms with van der Waals surface area (Å²) in [6.07, 6.45) is 10.3. The summed E-state index contributed by atoms with van der Waals surface area (Å²) in [5.74, 6) is -4.91. The van der Waals surface area contributed by atoms with Crippen LogP contribution in [0.25, 0.3) is 0 Å². The molecule has 43 heavy (non-hydrogen) atoms. The molecule has 0 rings (SSSR count). The third-order valence-corrected chi connectivity index (χ3v) is 2.58. The molecule has 7 N–H and O–H groups in total. The maximum absolute atomic E-state index is 9.63. The lowest BCUT2D eigenvalue weighted by atomic mass is 10.2. The summed E-state index contributed by atoms with van der Waals surface area (Å²) in [5, 5.41) is 38.0. The van der Waals surface area contributed by atoms with Crippen molar-refractivity contribution in [2.75, 3.05) is 19.7 Å². The number of hydrogen-bond acceptors (Lipinski definition) is 11. The van der Waals surface area contributed by atoms with Crippen LogP contribution in [0.2, 0.25) is 0 Å². The van der Waals surface area contributed by atoms with Crippen molar-refractivity contribution in [2.45, 2.75) is 32.6 Å². The van der Waals surface area contributed by atoms with Gasteiger partial charge in [0, 0.05) is 30.4 Å². The lowest BCUT2D eigenvalue weighted by Gasteiger charge is -1.93.